The molecule has 0 aromatic heterocycles. The van der Waals surface area contributed by atoms with Gasteiger partial charge < -0.3 is 11.1 Å². The summed E-state index contributed by atoms with van der Waals surface area (Å²) in [5.74, 6) is 0. The van der Waals surface area contributed by atoms with Gasteiger partial charge in [0.25, 0.3) is 0 Å². The number of nitrogens with two attached hydrogens (primary N) is 1. The second-order valence-corrected chi connectivity index (χ2v) is 4.95. The third kappa shape index (κ3) is 3.11. The van der Waals surface area contributed by atoms with Crippen LogP contribution in [-0.2, 0) is 0 Å². The lowest BCUT2D eigenvalue weighted by Crippen LogP contribution is -2.44. The Morgan fingerprint density at radius 2 is 2.00 bits per heavy atom. The van der Waals surface area contributed by atoms with E-state index in [1.54, 1.807) is 0 Å². The number of nitrogens with one attached hydrogen (secondary N) is 1. The maximum absolute atomic E-state index is 5.86. The zero-order chi connectivity index (χ0) is 9.24. The molecule has 0 bridgehead atoms. The predicted molar refractivity (Wildman–Crippen MR) is 53.1 cm³/mol. The highest BCUT2D eigenvalue weighted by molar-refractivity contribution is 4.94. The highest BCUT2D eigenvalue weighted by Crippen LogP contribution is 2.47. The Morgan fingerprint density at radius 1 is 1.42 bits per heavy atom. The van der Waals surface area contributed by atoms with Gasteiger partial charge >= 0.3 is 0 Å². The molecule has 0 radical (unpaired) electrons. The van der Waals surface area contributed by atoms with Crippen molar-refractivity contribution in [1.29, 1.82) is 0 Å². The fraction of sp³-hybridized carbons (Fsp3) is 1.00. The maximum atomic E-state index is 5.86. The highest BCUT2D eigenvalue weighted by Gasteiger charge is 2.40. The Hall–Kier alpha value is -0.0800. The summed E-state index contributed by atoms with van der Waals surface area (Å²) in [6.45, 7) is 8.48. The van der Waals surface area contributed by atoms with Crippen molar-refractivity contribution in [2.75, 3.05) is 13.1 Å². The van der Waals surface area contributed by atoms with E-state index in [9.17, 15) is 0 Å². The van der Waals surface area contributed by atoms with Crippen LogP contribution in [0, 0.1) is 5.41 Å². The van der Waals surface area contributed by atoms with Crippen molar-refractivity contribution in [3.63, 3.8) is 0 Å². The first-order valence-corrected chi connectivity index (χ1v) is 4.97. The zero-order valence-electron chi connectivity index (χ0n) is 8.61. The molecule has 1 aliphatic rings. The summed E-state index contributed by atoms with van der Waals surface area (Å²) >= 11 is 0. The van der Waals surface area contributed by atoms with E-state index < -0.39 is 0 Å². The van der Waals surface area contributed by atoms with Crippen LogP contribution in [-0.4, -0.2) is 18.6 Å². The van der Waals surface area contributed by atoms with Crippen molar-refractivity contribution in [2.24, 2.45) is 11.1 Å². The second kappa shape index (κ2) is 3.35. The van der Waals surface area contributed by atoms with Gasteiger partial charge in [-0.2, -0.15) is 0 Å². The van der Waals surface area contributed by atoms with Crippen molar-refractivity contribution in [3.05, 3.63) is 0 Å². The molecule has 72 valence electrons. The molecular weight excluding hydrogens is 148 g/mol. The van der Waals surface area contributed by atoms with Crippen molar-refractivity contribution < 1.29 is 0 Å². The molecule has 0 unspecified atom stereocenters. The van der Waals surface area contributed by atoms with E-state index in [2.05, 4.69) is 26.1 Å². The molecule has 0 aromatic carbocycles. The van der Waals surface area contributed by atoms with E-state index >= 15 is 0 Å². The van der Waals surface area contributed by atoms with Crippen LogP contribution in [0.15, 0.2) is 0 Å². The molecule has 12 heavy (non-hydrogen) atoms. The predicted octanol–water partition coefficient (Wildman–Crippen LogP) is 1.50. The normalized spacial score (nSPS) is 21.0. The summed E-state index contributed by atoms with van der Waals surface area (Å²) in [5.41, 5.74) is 6.44. The van der Waals surface area contributed by atoms with Crippen molar-refractivity contribution in [1.82, 2.24) is 5.32 Å². The molecule has 1 aliphatic carbocycles. The van der Waals surface area contributed by atoms with Gasteiger partial charge in [0, 0.05) is 18.6 Å². The van der Waals surface area contributed by atoms with E-state index in [1.165, 1.54) is 19.3 Å². The van der Waals surface area contributed by atoms with Gasteiger partial charge in [-0.15, -0.1) is 0 Å². The summed E-state index contributed by atoms with van der Waals surface area (Å²) in [5, 5.41) is 3.45. The molecule has 0 aliphatic heterocycles. The van der Waals surface area contributed by atoms with Crippen LogP contribution in [0.4, 0.5) is 0 Å². The average Bonchev–Trinajstić information content (AvgIpc) is 2.67. The van der Waals surface area contributed by atoms with Gasteiger partial charge in [0.05, 0.1) is 0 Å². The Kier molecular flexibility index (Phi) is 2.79. The van der Waals surface area contributed by atoms with Gasteiger partial charge in [-0.05, 0) is 38.5 Å². The zero-order valence-corrected chi connectivity index (χ0v) is 8.61. The highest BCUT2D eigenvalue weighted by atomic mass is 14.9. The van der Waals surface area contributed by atoms with Gasteiger partial charge in [-0.25, -0.2) is 0 Å². The first-order valence-electron chi connectivity index (χ1n) is 4.97. The van der Waals surface area contributed by atoms with Gasteiger partial charge in [0.2, 0.25) is 0 Å². The molecule has 2 nitrogen and oxygen atoms in total. The third-order valence-corrected chi connectivity index (χ3v) is 2.79. The molecule has 1 fully saturated rings. The monoisotopic (exact) mass is 170 g/mol. The summed E-state index contributed by atoms with van der Waals surface area (Å²) in [6.07, 6.45) is 4.12. The molecule has 3 N–H and O–H groups in total. The van der Waals surface area contributed by atoms with Crippen LogP contribution in [0.5, 0.6) is 0 Å². The quantitative estimate of drug-likeness (QED) is 0.656. The lowest BCUT2D eigenvalue weighted by atomic mass is 10.0. The largest absolute Gasteiger partial charge is 0.324 e. The van der Waals surface area contributed by atoms with Crippen LogP contribution in [0.25, 0.3) is 0 Å². The van der Waals surface area contributed by atoms with Gasteiger partial charge in [0.1, 0.15) is 0 Å². The fourth-order valence-corrected chi connectivity index (χ4v) is 1.48. The lowest BCUT2D eigenvalue weighted by molar-refractivity contribution is 0.397. The minimum absolute atomic E-state index is 0.0657. The fourth-order valence-electron chi connectivity index (χ4n) is 1.48. The summed E-state index contributed by atoms with van der Waals surface area (Å²) < 4.78 is 0. The van der Waals surface area contributed by atoms with E-state index in [-0.39, 0.29) is 5.54 Å². The van der Waals surface area contributed by atoms with Gasteiger partial charge in [-0.3, -0.25) is 0 Å². The Bertz CT molecular complexity index is 142. The number of hydrogen-bond donors (Lipinski definition) is 2. The van der Waals surface area contributed by atoms with Crippen LogP contribution < -0.4 is 11.1 Å². The van der Waals surface area contributed by atoms with E-state index in [1.807, 2.05) is 0 Å². The standard InChI is InChI=1S/C10H22N2/c1-4-10(5-6-10)8-12-7-9(2,3)11/h12H,4-8,11H2,1-3H3. The summed E-state index contributed by atoms with van der Waals surface area (Å²) in [7, 11) is 0. The third-order valence-electron chi connectivity index (χ3n) is 2.79. The first kappa shape index (κ1) is 10.0. The lowest BCUT2D eigenvalue weighted by Gasteiger charge is -2.21. The summed E-state index contributed by atoms with van der Waals surface area (Å²) in [4.78, 5) is 0. The Balaban J connectivity index is 2.10. The second-order valence-electron chi connectivity index (χ2n) is 4.95. The van der Waals surface area contributed by atoms with E-state index in [0.29, 0.717) is 5.41 Å². The smallest absolute Gasteiger partial charge is 0.0223 e. The molecule has 0 atom stereocenters. The maximum Gasteiger partial charge on any atom is 0.0223 e. The van der Waals surface area contributed by atoms with Crippen LogP contribution in [0.3, 0.4) is 0 Å². The number of rotatable bonds is 5. The molecule has 0 heterocycles. The molecule has 0 amide bonds. The van der Waals surface area contributed by atoms with Crippen LogP contribution in [0.2, 0.25) is 0 Å². The Morgan fingerprint density at radius 3 is 2.33 bits per heavy atom. The van der Waals surface area contributed by atoms with Gasteiger partial charge in [0.15, 0.2) is 0 Å². The van der Waals surface area contributed by atoms with Gasteiger partial charge in [-0.1, -0.05) is 6.92 Å². The van der Waals surface area contributed by atoms with Crippen molar-refractivity contribution in [3.8, 4) is 0 Å². The molecule has 2 heteroatoms. The SMILES string of the molecule is CCC1(CNCC(C)(C)N)CC1. The van der Waals surface area contributed by atoms with E-state index in [0.717, 1.165) is 13.1 Å². The average molecular weight is 170 g/mol. The topological polar surface area (TPSA) is 38.0 Å². The first-order chi connectivity index (χ1) is 5.47. The van der Waals surface area contributed by atoms with Crippen molar-refractivity contribution in [2.45, 2.75) is 45.6 Å². The molecular formula is C10H22N2. The van der Waals surface area contributed by atoms with Crippen molar-refractivity contribution >= 4 is 0 Å². The van der Waals surface area contributed by atoms with Crippen LogP contribution >= 0.6 is 0 Å². The summed E-state index contributed by atoms with van der Waals surface area (Å²) in [6, 6.07) is 0. The molecule has 0 saturated heterocycles. The minimum Gasteiger partial charge on any atom is -0.324 e. The molecule has 1 saturated carbocycles. The molecule has 0 aromatic rings. The van der Waals surface area contributed by atoms with Crippen LogP contribution in [0.1, 0.15) is 40.0 Å². The minimum atomic E-state index is -0.0657. The Labute approximate surface area is 75.9 Å². The van der Waals surface area contributed by atoms with E-state index in [4.69, 9.17) is 5.73 Å². The molecule has 1 rings (SSSR count). The molecule has 0 spiro atoms. The number of hydrogen-bond acceptors (Lipinski definition) is 2.